The first-order valence-corrected chi connectivity index (χ1v) is 14.8. The predicted octanol–water partition coefficient (Wildman–Crippen LogP) is 4.09. The van der Waals surface area contributed by atoms with E-state index in [1.165, 1.54) is 27.4 Å². The van der Waals surface area contributed by atoms with Gasteiger partial charge in [-0.3, -0.25) is 14.4 Å². The molecule has 1 aliphatic heterocycles. The average molecular weight is 617 g/mol. The number of hydrogen-bond donors (Lipinski definition) is 1. The van der Waals surface area contributed by atoms with E-state index >= 15 is 0 Å². The largest absolute Gasteiger partial charge is 0.490 e. The van der Waals surface area contributed by atoms with Gasteiger partial charge in [0.1, 0.15) is 24.6 Å². The molecule has 0 aromatic heterocycles. The molecule has 2 aromatic rings. The second-order valence-electron chi connectivity index (χ2n) is 11.5. The van der Waals surface area contributed by atoms with Crippen molar-refractivity contribution in [2.75, 3.05) is 13.7 Å². The number of aliphatic hydroxyl groups is 1. The van der Waals surface area contributed by atoms with Crippen molar-refractivity contribution in [3.63, 3.8) is 0 Å². The molecule has 43 heavy (non-hydrogen) atoms. The molecule has 1 saturated heterocycles. The number of methoxy groups -OCH3 is 1. The van der Waals surface area contributed by atoms with Gasteiger partial charge in [-0.1, -0.05) is 29.8 Å². The lowest BCUT2D eigenvalue weighted by atomic mass is 9.86. The zero-order valence-corrected chi connectivity index (χ0v) is 25.4. The minimum atomic E-state index is -1.87. The first-order chi connectivity index (χ1) is 20.5. The number of carbonyl (C=O) groups excluding carboxylic acids is 3. The van der Waals surface area contributed by atoms with Gasteiger partial charge in [-0.25, -0.2) is 0 Å². The van der Waals surface area contributed by atoms with E-state index < -0.39 is 48.1 Å². The summed E-state index contributed by atoms with van der Waals surface area (Å²) in [4.78, 5) is 35.9. The van der Waals surface area contributed by atoms with E-state index in [0.29, 0.717) is 17.0 Å². The molecule has 0 bridgehead atoms. The Kier molecular flexibility index (Phi) is 9.31. The van der Waals surface area contributed by atoms with Gasteiger partial charge in [0.25, 0.3) is 0 Å². The maximum absolute atomic E-state index is 12.2. The Bertz CT molecular complexity index is 1340. The molecule has 3 aliphatic rings. The fourth-order valence-corrected chi connectivity index (χ4v) is 6.43. The molecule has 0 amide bonds. The number of esters is 3. The third-order valence-electron chi connectivity index (χ3n) is 8.34. The standard InChI is InChI=1S/C32H37ClO10/c1-17(34)39-16-28-29(37)30(40-18(2)35)31(41-19(3)36)32(38-4,43-28)24-7-10-27(33)23(13-24)11-20-5-8-25(9-6-20)42-26-14-21-12-22(21)15-26/h5-10,13,21-22,26,28-31,37H,11-12,14-16H2,1-4H3/t21?,22?,26?,28-,29-,30+,31-,32?/m1/s1. The number of aliphatic hydroxyl groups excluding tert-OH is 1. The molecular formula is C32H37ClO10. The summed E-state index contributed by atoms with van der Waals surface area (Å²) in [6.45, 7) is 3.18. The highest BCUT2D eigenvalue weighted by molar-refractivity contribution is 6.31. The maximum Gasteiger partial charge on any atom is 0.303 e. The topological polar surface area (TPSA) is 127 Å². The Balaban J connectivity index is 1.44. The second-order valence-corrected chi connectivity index (χ2v) is 11.9. The summed E-state index contributed by atoms with van der Waals surface area (Å²) >= 11 is 6.63. The van der Waals surface area contributed by atoms with Gasteiger partial charge in [-0.05, 0) is 72.9 Å². The highest BCUT2D eigenvalue weighted by Crippen LogP contribution is 2.52. The molecule has 11 heteroatoms. The molecule has 5 rings (SSSR count). The molecule has 3 fully saturated rings. The number of fused-ring (bicyclic) bond motifs is 1. The van der Waals surface area contributed by atoms with Gasteiger partial charge in [0.05, 0.1) is 6.10 Å². The van der Waals surface area contributed by atoms with Crippen LogP contribution in [0.5, 0.6) is 5.75 Å². The molecule has 0 radical (unpaired) electrons. The third kappa shape index (κ3) is 6.98. The molecule has 0 spiro atoms. The Morgan fingerprint density at radius 1 is 0.953 bits per heavy atom. The monoisotopic (exact) mass is 616 g/mol. The van der Waals surface area contributed by atoms with Crippen molar-refractivity contribution in [3.8, 4) is 5.75 Å². The van der Waals surface area contributed by atoms with Crippen molar-refractivity contribution >= 4 is 29.5 Å². The zero-order valence-electron chi connectivity index (χ0n) is 24.6. The van der Waals surface area contributed by atoms with Crippen molar-refractivity contribution in [3.05, 3.63) is 64.2 Å². The molecule has 1 heterocycles. The minimum Gasteiger partial charge on any atom is -0.490 e. The maximum atomic E-state index is 12.2. The van der Waals surface area contributed by atoms with Crippen molar-refractivity contribution < 1.29 is 47.9 Å². The van der Waals surface area contributed by atoms with Crippen molar-refractivity contribution in [2.45, 2.75) is 82.8 Å². The summed E-state index contributed by atoms with van der Waals surface area (Å²) in [5, 5.41) is 11.6. The SMILES string of the molecule is COC1(c2ccc(Cl)c(Cc3ccc(OC4CC5CC5C4)cc3)c2)O[C@H](COC(C)=O)[C@@H](O)[C@H](OC(C)=O)[C@H]1OC(C)=O. The summed E-state index contributed by atoms with van der Waals surface area (Å²) < 4.78 is 34.5. The van der Waals surface area contributed by atoms with E-state index in [9.17, 15) is 19.5 Å². The molecule has 2 aliphatic carbocycles. The van der Waals surface area contributed by atoms with Crippen LogP contribution in [0.3, 0.4) is 0 Å². The number of halogens is 1. The first-order valence-electron chi connectivity index (χ1n) is 14.4. The highest BCUT2D eigenvalue weighted by Gasteiger charge is 2.60. The summed E-state index contributed by atoms with van der Waals surface area (Å²) in [5.41, 5.74) is 2.09. The minimum absolute atomic E-state index is 0.283. The second kappa shape index (κ2) is 12.8. The van der Waals surface area contributed by atoms with Crippen LogP contribution in [-0.4, -0.2) is 67.3 Å². The van der Waals surface area contributed by atoms with Gasteiger partial charge in [-0.2, -0.15) is 0 Å². The van der Waals surface area contributed by atoms with Gasteiger partial charge >= 0.3 is 17.9 Å². The molecule has 10 nitrogen and oxygen atoms in total. The molecule has 2 aromatic carbocycles. The average Bonchev–Trinajstić information content (AvgIpc) is 3.57. The normalized spacial score (nSPS) is 31.1. The molecule has 2 saturated carbocycles. The van der Waals surface area contributed by atoms with Gasteiger partial charge in [0, 0.05) is 38.5 Å². The van der Waals surface area contributed by atoms with E-state index in [1.54, 1.807) is 18.2 Å². The van der Waals surface area contributed by atoms with E-state index in [4.69, 9.17) is 40.0 Å². The van der Waals surface area contributed by atoms with Crippen LogP contribution in [-0.2, 0) is 50.3 Å². The van der Waals surface area contributed by atoms with Gasteiger partial charge in [0.15, 0.2) is 12.2 Å². The van der Waals surface area contributed by atoms with Crippen LogP contribution in [0.2, 0.25) is 5.02 Å². The van der Waals surface area contributed by atoms with Crippen LogP contribution < -0.4 is 4.74 Å². The van der Waals surface area contributed by atoms with Crippen LogP contribution >= 0.6 is 11.6 Å². The molecule has 1 N–H and O–H groups in total. The predicted molar refractivity (Wildman–Crippen MR) is 153 cm³/mol. The van der Waals surface area contributed by atoms with Crippen LogP contribution in [0, 0.1) is 11.8 Å². The molecule has 232 valence electrons. The van der Waals surface area contributed by atoms with Crippen LogP contribution in [0.1, 0.15) is 56.7 Å². The fraction of sp³-hybridized carbons (Fsp3) is 0.531. The molecule has 3 unspecified atom stereocenters. The Hall–Kier alpha value is -3.18. The lowest BCUT2D eigenvalue weighted by Crippen LogP contribution is -2.66. The zero-order chi connectivity index (χ0) is 30.9. The van der Waals surface area contributed by atoms with E-state index in [-0.39, 0.29) is 12.7 Å². The van der Waals surface area contributed by atoms with Gasteiger partial charge < -0.3 is 33.5 Å². The van der Waals surface area contributed by atoms with Crippen molar-refractivity contribution in [1.29, 1.82) is 0 Å². The fourth-order valence-electron chi connectivity index (χ4n) is 6.24. The number of benzene rings is 2. The first kappa shape index (κ1) is 31.3. The summed E-state index contributed by atoms with van der Waals surface area (Å²) in [6.07, 6.45) is -1.21. The molecule has 7 atom stereocenters. The quantitative estimate of drug-likeness (QED) is 0.308. The summed E-state index contributed by atoms with van der Waals surface area (Å²) in [6, 6.07) is 12.9. The Labute approximate surface area is 255 Å². The van der Waals surface area contributed by atoms with Gasteiger partial charge in [0.2, 0.25) is 5.79 Å². The number of ether oxygens (including phenoxy) is 6. The van der Waals surface area contributed by atoms with Crippen LogP contribution in [0.4, 0.5) is 0 Å². The number of rotatable bonds is 10. The summed E-state index contributed by atoms with van der Waals surface area (Å²) in [5.74, 6) is -1.40. The van der Waals surface area contributed by atoms with E-state index in [0.717, 1.165) is 48.5 Å². The third-order valence-corrected chi connectivity index (χ3v) is 8.70. The number of hydrogen-bond acceptors (Lipinski definition) is 10. The number of carbonyl (C=O) groups is 3. The Morgan fingerprint density at radius 2 is 1.63 bits per heavy atom. The van der Waals surface area contributed by atoms with Crippen molar-refractivity contribution in [1.82, 2.24) is 0 Å². The smallest absolute Gasteiger partial charge is 0.303 e. The lowest BCUT2D eigenvalue weighted by Gasteiger charge is -2.49. The van der Waals surface area contributed by atoms with Crippen LogP contribution in [0.15, 0.2) is 42.5 Å². The van der Waals surface area contributed by atoms with E-state index in [1.807, 2.05) is 24.3 Å². The van der Waals surface area contributed by atoms with Gasteiger partial charge in [-0.15, -0.1) is 0 Å². The highest BCUT2D eigenvalue weighted by atomic mass is 35.5. The summed E-state index contributed by atoms with van der Waals surface area (Å²) in [7, 11) is 1.34. The van der Waals surface area contributed by atoms with Crippen molar-refractivity contribution in [2.24, 2.45) is 11.8 Å². The molecular weight excluding hydrogens is 580 g/mol. The van der Waals surface area contributed by atoms with Crippen LogP contribution in [0.25, 0.3) is 0 Å². The lowest BCUT2D eigenvalue weighted by molar-refractivity contribution is -0.367. The van der Waals surface area contributed by atoms with E-state index in [2.05, 4.69) is 0 Å². The Morgan fingerprint density at radius 3 is 2.23 bits per heavy atom.